The van der Waals surface area contributed by atoms with Gasteiger partial charge < -0.3 is 5.32 Å². The predicted octanol–water partition coefficient (Wildman–Crippen LogP) is 2.49. The maximum absolute atomic E-state index is 12.6. The molecule has 1 amide bonds. The predicted molar refractivity (Wildman–Crippen MR) is 97.2 cm³/mol. The Kier molecular flexibility index (Phi) is 4.80. The molecule has 2 aliphatic rings. The Balaban J connectivity index is 1.49. The maximum atomic E-state index is 12.6. The summed E-state index contributed by atoms with van der Waals surface area (Å²) in [5, 5.41) is 15.3. The second-order valence-corrected chi connectivity index (χ2v) is 7.94. The topological polar surface area (TPSA) is 84.7 Å². The second-order valence-electron chi connectivity index (χ2n) is 6.85. The molecule has 1 aliphatic carbocycles. The lowest BCUT2D eigenvalue weighted by Crippen LogP contribution is -2.30. The lowest BCUT2D eigenvalue weighted by molar-refractivity contribution is 0.102. The number of aromatic nitrogens is 4. The highest BCUT2D eigenvalue weighted by molar-refractivity contribution is 7.15. The Morgan fingerprint density at radius 3 is 2.88 bits per heavy atom. The Hall–Kier alpha value is -1.80. The van der Waals surface area contributed by atoms with Gasteiger partial charge in [-0.1, -0.05) is 11.6 Å². The van der Waals surface area contributed by atoms with E-state index in [2.05, 4.69) is 25.9 Å². The number of thiazole rings is 1. The smallest absolute Gasteiger partial charge is 0.279 e. The van der Waals surface area contributed by atoms with Gasteiger partial charge in [0.1, 0.15) is 0 Å². The van der Waals surface area contributed by atoms with Crippen LogP contribution >= 0.6 is 11.3 Å². The molecular weight excluding hydrogens is 336 g/mol. The first kappa shape index (κ1) is 16.7. The van der Waals surface area contributed by atoms with Crippen LogP contribution in [0.4, 0.5) is 5.13 Å². The average Bonchev–Trinajstić information content (AvgIpc) is 3.12. The summed E-state index contributed by atoms with van der Waals surface area (Å²) >= 11 is 1.61. The minimum atomic E-state index is -0.207. The van der Waals surface area contributed by atoms with Crippen LogP contribution in [-0.2, 0) is 12.8 Å². The number of nitrogens with zero attached hydrogens (tertiary/aromatic N) is 4. The molecule has 134 valence electrons. The summed E-state index contributed by atoms with van der Waals surface area (Å²) < 4.78 is 1.91. The zero-order chi connectivity index (χ0) is 17.2. The van der Waals surface area contributed by atoms with Crippen LogP contribution in [0.2, 0.25) is 0 Å². The van der Waals surface area contributed by atoms with Gasteiger partial charge in [-0.2, -0.15) is 0 Å². The van der Waals surface area contributed by atoms with E-state index in [1.807, 2.05) is 11.6 Å². The van der Waals surface area contributed by atoms with Crippen LogP contribution in [0, 0.1) is 6.92 Å². The number of aryl methyl sites for hydroxylation is 2. The molecule has 1 fully saturated rings. The van der Waals surface area contributed by atoms with Crippen molar-refractivity contribution in [1.82, 2.24) is 25.3 Å². The van der Waals surface area contributed by atoms with Crippen molar-refractivity contribution in [1.29, 1.82) is 0 Å². The lowest BCUT2D eigenvalue weighted by Gasteiger charge is -2.23. The minimum Gasteiger partial charge on any atom is -0.317 e. The first-order valence-corrected chi connectivity index (χ1v) is 9.96. The van der Waals surface area contributed by atoms with Gasteiger partial charge in [0, 0.05) is 4.88 Å². The second kappa shape index (κ2) is 7.21. The first-order valence-electron chi connectivity index (χ1n) is 9.15. The van der Waals surface area contributed by atoms with Gasteiger partial charge in [-0.3, -0.25) is 10.1 Å². The van der Waals surface area contributed by atoms with Gasteiger partial charge in [-0.15, -0.1) is 16.4 Å². The van der Waals surface area contributed by atoms with E-state index in [9.17, 15) is 4.79 Å². The number of carbonyl (C=O) groups excluding carboxylic acids is 1. The third-order valence-electron chi connectivity index (χ3n) is 5.11. The van der Waals surface area contributed by atoms with Crippen molar-refractivity contribution in [3.63, 3.8) is 0 Å². The summed E-state index contributed by atoms with van der Waals surface area (Å²) in [7, 11) is 0. The van der Waals surface area contributed by atoms with E-state index in [0.717, 1.165) is 50.2 Å². The van der Waals surface area contributed by atoms with Crippen molar-refractivity contribution >= 4 is 22.4 Å². The molecule has 25 heavy (non-hydrogen) atoms. The van der Waals surface area contributed by atoms with E-state index < -0.39 is 0 Å². The summed E-state index contributed by atoms with van der Waals surface area (Å²) in [4.78, 5) is 18.6. The van der Waals surface area contributed by atoms with Gasteiger partial charge in [0.05, 0.1) is 17.4 Å². The van der Waals surface area contributed by atoms with Crippen molar-refractivity contribution in [3.05, 3.63) is 22.0 Å². The third kappa shape index (κ3) is 3.46. The molecule has 0 aromatic carbocycles. The molecule has 1 saturated heterocycles. The highest BCUT2D eigenvalue weighted by atomic mass is 32.1. The Morgan fingerprint density at radius 1 is 1.24 bits per heavy atom. The zero-order valence-electron chi connectivity index (χ0n) is 14.5. The van der Waals surface area contributed by atoms with Crippen LogP contribution in [0.15, 0.2) is 0 Å². The van der Waals surface area contributed by atoms with Gasteiger partial charge in [0.25, 0.3) is 5.91 Å². The summed E-state index contributed by atoms with van der Waals surface area (Å²) in [6.07, 6.45) is 7.80. The molecule has 3 heterocycles. The van der Waals surface area contributed by atoms with Crippen LogP contribution in [0.1, 0.15) is 64.9 Å². The van der Waals surface area contributed by atoms with Crippen LogP contribution in [-0.4, -0.2) is 39.0 Å². The van der Waals surface area contributed by atoms with E-state index in [4.69, 9.17) is 0 Å². The molecule has 0 spiro atoms. The van der Waals surface area contributed by atoms with E-state index in [1.54, 1.807) is 11.3 Å². The summed E-state index contributed by atoms with van der Waals surface area (Å²) in [6.45, 7) is 3.89. The fraction of sp³-hybridized carbons (Fsp3) is 0.647. The monoisotopic (exact) mass is 360 g/mol. The van der Waals surface area contributed by atoms with Gasteiger partial charge in [-0.25, -0.2) is 9.67 Å². The summed E-state index contributed by atoms with van der Waals surface area (Å²) in [5.74, 6) is -0.207. The van der Waals surface area contributed by atoms with Gasteiger partial charge >= 0.3 is 0 Å². The molecule has 8 heteroatoms. The van der Waals surface area contributed by atoms with Crippen molar-refractivity contribution in [2.75, 3.05) is 18.4 Å². The molecule has 1 aliphatic heterocycles. The molecule has 0 saturated carbocycles. The van der Waals surface area contributed by atoms with Crippen molar-refractivity contribution in [2.45, 2.75) is 57.9 Å². The molecule has 0 radical (unpaired) electrons. The Bertz CT molecular complexity index is 738. The van der Waals surface area contributed by atoms with Crippen LogP contribution < -0.4 is 10.6 Å². The van der Waals surface area contributed by atoms with Crippen molar-refractivity contribution < 1.29 is 4.79 Å². The number of nitrogens with one attached hydrogen (secondary N) is 2. The standard InChI is InChI=1S/C17H24N6OS/c1-11-15(21-22-23(11)12-7-9-18-10-8-12)16(24)20-17-19-13-5-3-2-4-6-14(13)25-17/h12,18H,2-10H2,1H3,(H,19,20,24). The summed E-state index contributed by atoms with van der Waals surface area (Å²) in [6, 6.07) is 0.325. The number of hydrogen-bond acceptors (Lipinski definition) is 6. The molecule has 2 aromatic rings. The normalized spacial score (nSPS) is 18.6. The summed E-state index contributed by atoms with van der Waals surface area (Å²) in [5.41, 5.74) is 2.40. The van der Waals surface area contributed by atoms with E-state index >= 15 is 0 Å². The van der Waals surface area contributed by atoms with Crippen molar-refractivity contribution in [2.24, 2.45) is 0 Å². The first-order chi connectivity index (χ1) is 12.2. The molecule has 4 rings (SSSR count). The number of piperidine rings is 1. The molecule has 0 unspecified atom stereocenters. The van der Waals surface area contributed by atoms with Gasteiger partial charge in [0.15, 0.2) is 10.8 Å². The van der Waals surface area contributed by atoms with E-state index in [1.165, 1.54) is 24.1 Å². The largest absolute Gasteiger partial charge is 0.317 e. The molecule has 7 nitrogen and oxygen atoms in total. The molecule has 2 aromatic heterocycles. The number of fused-ring (bicyclic) bond motifs is 1. The van der Waals surface area contributed by atoms with E-state index in [-0.39, 0.29) is 5.91 Å². The van der Waals surface area contributed by atoms with Crippen LogP contribution in [0.5, 0.6) is 0 Å². The SMILES string of the molecule is Cc1c(C(=O)Nc2nc3c(s2)CCCCC3)nnn1C1CCNCC1. The Morgan fingerprint density at radius 2 is 2.04 bits per heavy atom. The maximum Gasteiger partial charge on any atom is 0.279 e. The lowest BCUT2D eigenvalue weighted by atomic mass is 10.1. The van der Waals surface area contributed by atoms with Gasteiger partial charge in [0.2, 0.25) is 0 Å². The fourth-order valence-corrected chi connectivity index (χ4v) is 4.73. The molecule has 0 bridgehead atoms. The zero-order valence-corrected chi connectivity index (χ0v) is 15.4. The van der Waals surface area contributed by atoms with Crippen LogP contribution in [0.3, 0.4) is 0 Å². The third-order valence-corrected chi connectivity index (χ3v) is 6.19. The quantitative estimate of drug-likeness (QED) is 0.822. The molecular formula is C17H24N6OS. The fourth-order valence-electron chi connectivity index (χ4n) is 3.69. The Labute approximate surface area is 151 Å². The molecule has 0 atom stereocenters. The highest BCUT2D eigenvalue weighted by Crippen LogP contribution is 2.29. The van der Waals surface area contributed by atoms with E-state index in [0.29, 0.717) is 16.9 Å². The number of anilines is 1. The highest BCUT2D eigenvalue weighted by Gasteiger charge is 2.24. The van der Waals surface area contributed by atoms with Gasteiger partial charge in [-0.05, 0) is 58.5 Å². The average molecular weight is 360 g/mol. The number of carbonyl (C=O) groups is 1. The minimum absolute atomic E-state index is 0.207. The molecule has 2 N–H and O–H groups in total. The number of hydrogen-bond donors (Lipinski definition) is 2. The number of amides is 1. The van der Waals surface area contributed by atoms with Crippen molar-refractivity contribution in [3.8, 4) is 0 Å². The number of rotatable bonds is 3. The van der Waals surface area contributed by atoms with Crippen LogP contribution in [0.25, 0.3) is 0 Å².